The predicted molar refractivity (Wildman–Crippen MR) is 113 cm³/mol. The molecule has 1 saturated heterocycles. The standard InChI is InChI=1S/C23H31N3O2/c1-3-8-22(19-9-5-4-6-10-19)24-23(27)18-25-13-15-26(16-14-25)20-11-7-12-21(17-20)28-2/h4-7,9-12,17,22H,3,8,13-16,18H2,1-2H3,(H,24,27)/p+1/t22-/m1/s1. The smallest absolute Gasteiger partial charge is 0.275 e. The molecule has 2 aromatic carbocycles. The van der Waals surface area contributed by atoms with Gasteiger partial charge in [-0.15, -0.1) is 0 Å². The molecule has 150 valence electrons. The van der Waals surface area contributed by atoms with Crippen molar-refractivity contribution in [2.45, 2.75) is 25.8 Å². The number of hydrogen-bond acceptors (Lipinski definition) is 3. The van der Waals surface area contributed by atoms with E-state index < -0.39 is 0 Å². The summed E-state index contributed by atoms with van der Waals surface area (Å²) >= 11 is 0. The minimum atomic E-state index is 0.108. The number of rotatable bonds is 8. The van der Waals surface area contributed by atoms with Gasteiger partial charge < -0.3 is 19.9 Å². The van der Waals surface area contributed by atoms with E-state index in [4.69, 9.17) is 4.74 Å². The van der Waals surface area contributed by atoms with Gasteiger partial charge in [0.2, 0.25) is 0 Å². The van der Waals surface area contributed by atoms with Crippen LogP contribution >= 0.6 is 0 Å². The topological polar surface area (TPSA) is 46.0 Å². The summed E-state index contributed by atoms with van der Waals surface area (Å²) in [5.41, 5.74) is 2.38. The van der Waals surface area contributed by atoms with Gasteiger partial charge in [0.05, 0.1) is 39.3 Å². The molecule has 0 bridgehead atoms. The van der Waals surface area contributed by atoms with Gasteiger partial charge in [-0.05, 0) is 24.1 Å². The number of carbonyl (C=O) groups is 1. The zero-order valence-electron chi connectivity index (χ0n) is 17.0. The molecule has 1 aliphatic rings. The number of hydrogen-bond donors (Lipinski definition) is 2. The van der Waals surface area contributed by atoms with Crippen LogP contribution in [0.4, 0.5) is 5.69 Å². The Hall–Kier alpha value is -2.53. The number of anilines is 1. The van der Waals surface area contributed by atoms with Crippen LogP contribution in [0.2, 0.25) is 0 Å². The molecule has 3 rings (SSSR count). The lowest BCUT2D eigenvalue weighted by atomic mass is 10.0. The van der Waals surface area contributed by atoms with Gasteiger partial charge in [0.25, 0.3) is 5.91 Å². The zero-order valence-corrected chi connectivity index (χ0v) is 17.0. The molecule has 1 heterocycles. The van der Waals surface area contributed by atoms with Gasteiger partial charge in [-0.25, -0.2) is 0 Å². The van der Waals surface area contributed by atoms with Crippen LogP contribution in [-0.4, -0.2) is 45.7 Å². The van der Waals surface area contributed by atoms with Gasteiger partial charge >= 0.3 is 0 Å². The maximum absolute atomic E-state index is 12.6. The highest BCUT2D eigenvalue weighted by Gasteiger charge is 2.24. The number of amides is 1. The lowest BCUT2D eigenvalue weighted by Gasteiger charge is -2.33. The first-order valence-electron chi connectivity index (χ1n) is 10.3. The minimum Gasteiger partial charge on any atom is -0.497 e. The molecular weight excluding hydrogens is 350 g/mol. The number of nitrogens with zero attached hydrogens (tertiary/aromatic N) is 1. The fraction of sp³-hybridized carbons (Fsp3) is 0.435. The molecule has 1 atom stereocenters. The molecule has 0 spiro atoms. The van der Waals surface area contributed by atoms with Gasteiger partial charge in [-0.3, -0.25) is 4.79 Å². The minimum absolute atomic E-state index is 0.108. The van der Waals surface area contributed by atoms with Gasteiger partial charge in [0, 0.05) is 11.8 Å². The van der Waals surface area contributed by atoms with E-state index in [1.54, 1.807) is 7.11 Å². The monoisotopic (exact) mass is 382 g/mol. The summed E-state index contributed by atoms with van der Waals surface area (Å²) in [4.78, 5) is 16.4. The highest BCUT2D eigenvalue weighted by Crippen LogP contribution is 2.21. The fourth-order valence-corrected chi connectivity index (χ4v) is 3.83. The van der Waals surface area contributed by atoms with Crippen molar-refractivity contribution in [1.29, 1.82) is 0 Å². The third-order valence-corrected chi connectivity index (χ3v) is 5.41. The average Bonchev–Trinajstić information content (AvgIpc) is 2.74. The second-order valence-corrected chi connectivity index (χ2v) is 7.43. The summed E-state index contributed by atoms with van der Waals surface area (Å²) in [7, 11) is 1.70. The summed E-state index contributed by atoms with van der Waals surface area (Å²) in [5, 5.41) is 3.25. The van der Waals surface area contributed by atoms with Gasteiger partial charge in [-0.2, -0.15) is 0 Å². The van der Waals surface area contributed by atoms with E-state index in [1.165, 1.54) is 16.2 Å². The first-order chi connectivity index (χ1) is 13.7. The number of piperazine rings is 1. The summed E-state index contributed by atoms with van der Waals surface area (Å²) in [6.45, 7) is 6.53. The van der Waals surface area contributed by atoms with E-state index in [1.807, 2.05) is 30.3 Å². The molecule has 5 nitrogen and oxygen atoms in total. The molecule has 28 heavy (non-hydrogen) atoms. The van der Waals surface area contributed by atoms with E-state index in [9.17, 15) is 4.79 Å². The maximum atomic E-state index is 12.6. The number of quaternary nitrogens is 1. The molecule has 0 aromatic heterocycles. The first-order valence-corrected chi connectivity index (χ1v) is 10.3. The van der Waals surface area contributed by atoms with Crippen molar-refractivity contribution in [3.8, 4) is 5.75 Å². The van der Waals surface area contributed by atoms with Crippen LogP contribution in [0.5, 0.6) is 5.75 Å². The molecular formula is C23H32N3O2+. The Bertz CT molecular complexity index is 743. The Morgan fingerprint density at radius 2 is 1.89 bits per heavy atom. The van der Waals surface area contributed by atoms with Crippen molar-refractivity contribution < 1.29 is 14.4 Å². The highest BCUT2D eigenvalue weighted by atomic mass is 16.5. The Morgan fingerprint density at radius 3 is 2.57 bits per heavy atom. The molecule has 1 aliphatic heterocycles. The second kappa shape index (κ2) is 10.1. The third kappa shape index (κ3) is 5.49. The Kier molecular flexibility index (Phi) is 7.31. The van der Waals surface area contributed by atoms with Crippen molar-refractivity contribution in [3.05, 3.63) is 60.2 Å². The first kappa shape index (κ1) is 20.2. The quantitative estimate of drug-likeness (QED) is 0.735. The Labute approximate surface area is 168 Å². The van der Waals surface area contributed by atoms with E-state index >= 15 is 0 Å². The Morgan fingerprint density at radius 1 is 1.14 bits per heavy atom. The van der Waals surface area contributed by atoms with Crippen molar-refractivity contribution in [1.82, 2.24) is 5.32 Å². The van der Waals surface area contributed by atoms with Gasteiger partial charge in [0.1, 0.15) is 5.75 Å². The lowest BCUT2D eigenvalue weighted by Crippen LogP contribution is -3.16. The average molecular weight is 383 g/mol. The van der Waals surface area contributed by atoms with Crippen molar-refractivity contribution in [3.63, 3.8) is 0 Å². The lowest BCUT2D eigenvalue weighted by molar-refractivity contribution is -0.892. The Balaban J connectivity index is 1.50. The van der Waals surface area contributed by atoms with E-state index in [0.29, 0.717) is 6.54 Å². The molecule has 2 N–H and O–H groups in total. The summed E-state index contributed by atoms with van der Waals surface area (Å²) in [6.07, 6.45) is 2.01. The number of benzene rings is 2. The largest absolute Gasteiger partial charge is 0.497 e. The highest BCUT2D eigenvalue weighted by molar-refractivity contribution is 5.77. The molecule has 0 radical (unpaired) electrons. The van der Waals surface area contributed by atoms with Crippen LogP contribution in [0, 0.1) is 0 Å². The molecule has 2 aromatic rings. The molecule has 0 aliphatic carbocycles. The van der Waals surface area contributed by atoms with Crippen molar-refractivity contribution >= 4 is 11.6 Å². The van der Waals surface area contributed by atoms with Gasteiger partial charge in [-0.1, -0.05) is 49.7 Å². The van der Waals surface area contributed by atoms with Crippen molar-refractivity contribution in [2.24, 2.45) is 0 Å². The maximum Gasteiger partial charge on any atom is 0.275 e. The normalized spacial score (nSPS) is 15.9. The molecule has 0 unspecified atom stereocenters. The fourth-order valence-electron chi connectivity index (χ4n) is 3.83. The van der Waals surface area contributed by atoms with Crippen LogP contribution in [0.1, 0.15) is 31.4 Å². The molecule has 0 saturated carbocycles. The summed E-state index contributed by atoms with van der Waals surface area (Å²) in [6, 6.07) is 18.6. The van der Waals surface area contributed by atoms with Gasteiger partial charge in [0.15, 0.2) is 6.54 Å². The summed E-state index contributed by atoms with van der Waals surface area (Å²) in [5.74, 6) is 1.03. The van der Waals surface area contributed by atoms with Crippen LogP contribution in [-0.2, 0) is 4.79 Å². The number of methoxy groups -OCH3 is 1. The van der Waals surface area contributed by atoms with E-state index in [2.05, 4.69) is 41.4 Å². The van der Waals surface area contributed by atoms with Crippen LogP contribution in [0.3, 0.4) is 0 Å². The molecule has 1 fully saturated rings. The SMILES string of the molecule is CCC[C@@H](NC(=O)C[NH+]1CCN(c2cccc(OC)c2)CC1)c1ccccc1. The molecule has 1 amide bonds. The summed E-state index contributed by atoms with van der Waals surface area (Å²) < 4.78 is 5.33. The van der Waals surface area contributed by atoms with Crippen molar-refractivity contribution in [2.75, 3.05) is 44.7 Å². The number of nitrogens with one attached hydrogen (secondary N) is 2. The van der Waals surface area contributed by atoms with E-state index in [-0.39, 0.29) is 11.9 Å². The van der Waals surface area contributed by atoms with Crippen LogP contribution in [0.25, 0.3) is 0 Å². The zero-order chi connectivity index (χ0) is 19.8. The predicted octanol–water partition coefficient (Wildman–Crippen LogP) is 2.06. The second-order valence-electron chi connectivity index (χ2n) is 7.43. The third-order valence-electron chi connectivity index (χ3n) is 5.41. The van der Waals surface area contributed by atoms with Crippen LogP contribution in [0.15, 0.2) is 54.6 Å². The molecule has 5 heteroatoms. The van der Waals surface area contributed by atoms with Crippen LogP contribution < -0.4 is 19.9 Å². The number of ether oxygens (including phenoxy) is 1. The van der Waals surface area contributed by atoms with E-state index in [0.717, 1.165) is 44.8 Å². The number of carbonyl (C=O) groups excluding carboxylic acids is 1.